The van der Waals surface area contributed by atoms with Crippen molar-refractivity contribution in [2.45, 2.75) is 26.4 Å². The Morgan fingerprint density at radius 2 is 1.83 bits per heavy atom. The molecule has 152 valence electrons. The minimum absolute atomic E-state index is 0.329. The Labute approximate surface area is 199 Å². The first-order chi connectivity index (χ1) is 13.9. The average Bonchev–Trinajstić information content (AvgIpc) is 2.66. The Morgan fingerprint density at radius 3 is 2.41 bits per heavy atom. The maximum Gasteiger partial charge on any atom is 0.333 e. The molecule has 0 aliphatic rings. The Bertz CT molecular complexity index is 904. The number of ether oxygens (including phenoxy) is 2. The maximum absolute atomic E-state index is 11.2. The first kappa shape index (κ1) is 23.7. The van der Waals surface area contributed by atoms with E-state index in [2.05, 4.69) is 75.2 Å². The number of benzene rings is 2. The molecule has 0 aliphatic heterocycles. The standard InChI is InChI=1S/C23H22I2O4/c1-3-28-22(23(26)27)14-17-6-8-21(9-7-17)29-11-10-16(2)4-5-18-12-19(24)15-20(25)13-18/h6-10,12-13,15,22H,3,11,14H2,1-2H3,(H,26,27)/b16-10-/t22-/m0/s1. The molecule has 0 saturated heterocycles. The number of carboxylic acid groups (broad SMARTS) is 1. The van der Waals surface area contributed by atoms with E-state index in [1.54, 1.807) is 6.92 Å². The van der Waals surface area contributed by atoms with E-state index in [-0.39, 0.29) is 0 Å². The summed E-state index contributed by atoms with van der Waals surface area (Å²) in [6, 6.07) is 13.6. The molecule has 0 heterocycles. The van der Waals surface area contributed by atoms with Crippen molar-refractivity contribution < 1.29 is 19.4 Å². The highest BCUT2D eigenvalue weighted by Crippen LogP contribution is 2.15. The number of halogens is 2. The summed E-state index contributed by atoms with van der Waals surface area (Å²) in [7, 11) is 0. The van der Waals surface area contributed by atoms with Crippen LogP contribution in [0.1, 0.15) is 25.0 Å². The molecule has 1 N–H and O–H groups in total. The van der Waals surface area contributed by atoms with Crippen LogP contribution in [0.3, 0.4) is 0 Å². The maximum atomic E-state index is 11.2. The summed E-state index contributed by atoms with van der Waals surface area (Å²) >= 11 is 4.58. The van der Waals surface area contributed by atoms with Crippen molar-refractivity contribution in [1.82, 2.24) is 0 Å². The van der Waals surface area contributed by atoms with E-state index in [4.69, 9.17) is 14.6 Å². The van der Waals surface area contributed by atoms with E-state index in [0.29, 0.717) is 19.6 Å². The van der Waals surface area contributed by atoms with Crippen LogP contribution >= 0.6 is 45.2 Å². The summed E-state index contributed by atoms with van der Waals surface area (Å²) in [6.07, 6.45) is 1.44. The van der Waals surface area contributed by atoms with Crippen LogP contribution in [0.2, 0.25) is 0 Å². The highest BCUT2D eigenvalue weighted by molar-refractivity contribution is 14.1. The molecule has 0 amide bonds. The predicted molar refractivity (Wildman–Crippen MR) is 131 cm³/mol. The monoisotopic (exact) mass is 616 g/mol. The second kappa shape index (κ2) is 12.2. The Morgan fingerprint density at radius 1 is 1.17 bits per heavy atom. The summed E-state index contributed by atoms with van der Waals surface area (Å²) in [4.78, 5) is 11.2. The second-order valence-electron chi connectivity index (χ2n) is 6.24. The van der Waals surface area contributed by atoms with Crippen LogP contribution in [0.4, 0.5) is 0 Å². The van der Waals surface area contributed by atoms with Gasteiger partial charge >= 0.3 is 5.97 Å². The summed E-state index contributed by atoms with van der Waals surface area (Å²) in [5, 5.41) is 9.16. The third kappa shape index (κ3) is 8.76. The van der Waals surface area contributed by atoms with Gasteiger partial charge in [0.25, 0.3) is 0 Å². The molecule has 2 aromatic carbocycles. The predicted octanol–water partition coefficient (Wildman–Crippen LogP) is 5.30. The molecule has 0 fully saturated rings. The number of carbonyl (C=O) groups is 1. The minimum Gasteiger partial charge on any atom is -0.490 e. The SMILES string of the molecule is CCO[C@@H](Cc1ccc(OC/C=C(/C)C#Cc2cc(I)cc(I)c2)cc1)C(=O)O. The molecule has 0 unspecified atom stereocenters. The number of allylic oxidation sites excluding steroid dienone is 1. The van der Waals surface area contributed by atoms with Crippen LogP contribution in [0.5, 0.6) is 5.75 Å². The molecule has 0 aliphatic carbocycles. The van der Waals surface area contributed by atoms with Gasteiger partial charge in [0.2, 0.25) is 0 Å². The highest BCUT2D eigenvalue weighted by atomic mass is 127. The van der Waals surface area contributed by atoms with Crippen LogP contribution in [0.15, 0.2) is 54.1 Å². The van der Waals surface area contributed by atoms with Crippen LogP contribution in [-0.2, 0) is 16.0 Å². The lowest BCUT2D eigenvalue weighted by atomic mass is 10.1. The van der Waals surface area contributed by atoms with Crippen molar-refractivity contribution in [3.8, 4) is 17.6 Å². The molecule has 0 bridgehead atoms. The molecule has 0 saturated carbocycles. The largest absolute Gasteiger partial charge is 0.490 e. The summed E-state index contributed by atoms with van der Waals surface area (Å²) in [5.74, 6) is 6.10. The van der Waals surface area contributed by atoms with E-state index in [1.165, 1.54) is 7.14 Å². The van der Waals surface area contributed by atoms with Crippen molar-refractivity contribution in [1.29, 1.82) is 0 Å². The number of hydrogen-bond acceptors (Lipinski definition) is 3. The molecule has 4 nitrogen and oxygen atoms in total. The quantitative estimate of drug-likeness (QED) is 0.323. The zero-order valence-electron chi connectivity index (χ0n) is 16.2. The number of aliphatic carboxylic acids is 1. The minimum atomic E-state index is -0.950. The zero-order chi connectivity index (χ0) is 21.2. The smallest absolute Gasteiger partial charge is 0.333 e. The van der Waals surface area contributed by atoms with Gasteiger partial charge in [0.15, 0.2) is 6.10 Å². The van der Waals surface area contributed by atoms with Crippen LogP contribution in [0, 0.1) is 19.0 Å². The van der Waals surface area contributed by atoms with Crippen LogP contribution in [-0.4, -0.2) is 30.4 Å². The van der Waals surface area contributed by atoms with Crippen molar-refractivity contribution in [3.63, 3.8) is 0 Å². The van der Waals surface area contributed by atoms with E-state index < -0.39 is 12.1 Å². The average molecular weight is 616 g/mol. The fraction of sp³-hybridized carbons (Fsp3) is 0.261. The molecule has 6 heteroatoms. The van der Waals surface area contributed by atoms with Gasteiger partial charge in [-0.2, -0.15) is 0 Å². The molecular weight excluding hydrogens is 594 g/mol. The molecule has 0 spiro atoms. The molecular formula is C23H22I2O4. The van der Waals surface area contributed by atoms with E-state index >= 15 is 0 Å². The lowest BCUT2D eigenvalue weighted by Gasteiger charge is -2.12. The molecule has 0 aromatic heterocycles. The Hall–Kier alpha value is -1.57. The molecule has 1 atom stereocenters. The summed E-state index contributed by atoms with van der Waals surface area (Å²) in [6.45, 7) is 4.53. The second-order valence-corrected chi connectivity index (χ2v) is 8.73. The van der Waals surface area contributed by atoms with E-state index in [9.17, 15) is 4.79 Å². The van der Waals surface area contributed by atoms with Crippen molar-refractivity contribution in [2.75, 3.05) is 13.2 Å². The topological polar surface area (TPSA) is 55.8 Å². The van der Waals surface area contributed by atoms with Crippen molar-refractivity contribution >= 4 is 51.2 Å². The van der Waals surface area contributed by atoms with Gasteiger partial charge in [-0.1, -0.05) is 24.0 Å². The zero-order valence-corrected chi connectivity index (χ0v) is 20.6. The molecule has 2 aromatic rings. The molecule has 0 radical (unpaired) electrons. The normalized spacial score (nSPS) is 12.1. The van der Waals surface area contributed by atoms with Gasteiger partial charge in [0.1, 0.15) is 12.4 Å². The Kier molecular flexibility index (Phi) is 9.97. The van der Waals surface area contributed by atoms with Gasteiger partial charge in [-0.05, 0) is 107 Å². The van der Waals surface area contributed by atoms with Gasteiger partial charge in [-0.15, -0.1) is 0 Å². The lowest BCUT2D eigenvalue weighted by Crippen LogP contribution is -2.26. The van der Waals surface area contributed by atoms with Gasteiger partial charge in [0.05, 0.1) is 0 Å². The third-order valence-electron chi connectivity index (χ3n) is 3.89. The summed E-state index contributed by atoms with van der Waals surface area (Å²) in [5.41, 5.74) is 2.83. The Balaban J connectivity index is 1.89. The van der Waals surface area contributed by atoms with Crippen LogP contribution in [0.25, 0.3) is 0 Å². The van der Waals surface area contributed by atoms with Crippen molar-refractivity contribution in [3.05, 3.63) is 72.4 Å². The van der Waals surface area contributed by atoms with Crippen molar-refractivity contribution in [2.24, 2.45) is 0 Å². The first-order valence-electron chi connectivity index (χ1n) is 9.08. The highest BCUT2D eigenvalue weighted by Gasteiger charge is 2.17. The summed E-state index contributed by atoms with van der Waals surface area (Å²) < 4.78 is 13.3. The number of carboxylic acids is 1. The van der Waals surface area contributed by atoms with E-state index in [1.807, 2.05) is 37.3 Å². The van der Waals surface area contributed by atoms with Gasteiger partial charge in [-0.3, -0.25) is 0 Å². The van der Waals surface area contributed by atoms with Gasteiger partial charge < -0.3 is 14.6 Å². The number of hydrogen-bond donors (Lipinski definition) is 1. The fourth-order valence-electron chi connectivity index (χ4n) is 2.47. The van der Waals surface area contributed by atoms with Gasteiger partial charge in [0, 0.05) is 25.7 Å². The van der Waals surface area contributed by atoms with E-state index in [0.717, 1.165) is 22.4 Å². The third-order valence-corrected chi connectivity index (χ3v) is 5.14. The molecule has 2 rings (SSSR count). The van der Waals surface area contributed by atoms with Crippen LogP contribution < -0.4 is 4.74 Å². The number of rotatable bonds is 8. The fourth-order valence-corrected chi connectivity index (χ4v) is 4.40. The first-order valence-corrected chi connectivity index (χ1v) is 11.2. The lowest BCUT2D eigenvalue weighted by molar-refractivity contribution is -0.149. The van der Waals surface area contributed by atoms with Gasteiger partial charge in [-0.25, -0.2) is 4.79 Å². The molecule has 29 heavy (non-hydrogen) atoms.